The fourth-order valence-corrected chi connectivity index (χ4v) is 5.13. The number of hydrogen-bond acceptors (Lipinski definition) is 5. The summed E-state index contributed by atoms with van der Waals surface area (Å²) in [6.45, 7) is 2.35. The maximum atomic E-state index is 15.1. The van der Waals surface area contributed by atoms with Gasteiger partial charge in [0.15, 0.2) is 5.43 Å². The number of esters is 1. The molecular weight excluding hydrogens is 445 g/mol. The van der Waals surface area contributed by atoms with Gasteiger partial charge in [-0.3, -0.25) is 9.59 Å². The minimum absolute atomic E-state index is 0. The highest BCUT2D eigenvalue weighted by Gasteiger charge is 2.22. The third kappa shape index (κ3) is 6.07. The Morgan fingerprint density at radius 1 is 1.12 bits per heavy atom. The number of aromatic nitrogens is 1. The summed E-state index contributed by atoms with van der Waals surface area (Å²) < 4.78 is 22.1. The van der Waals surface area contributed by atoms with Gasteiger partial charge < -0.3 is 19.9 Å². The molecule has 1 aromatic carbocycles. The van der Waals surface area contributed by atoms with Crippen LogP contribution in [0.5, 0.6) is 0 Å². The van der Waals surface area contributed by atoms with Crippen LogP contribution in [0.1, 0.15) is 76.3 Å². The van der Waals surface area contributed by atoms with Crippen LogP contribution < -0.4 is 16.1 Å². The van der Waals surface area contributed by atoms with E-state index in [1.165, 1.54) is 25.3 Å². The second-order valence-corrected chi connectivity index (χ2v) is 9.07. The molecule has 0 aliphatic heterocycles. The van der Waals surface area contributed by atoms with Crippen LogP contribution in [0.3, 0.4) is 0 Å². The predicted octanol–water partition coefficient (Wildman–Crippen LogP) is 5.07. The van der Waals surface area contributed by atoms with Crippen LogP contribution in [0.25, 0.3) is 10.9 Å². The smallest absolute Gasteiger partial charge is 0.319 e. The molecule has 6 nitrogen and oxygen atoms in total. The molecule has 1 heterocycles. The number of carbonyl (C=O) groups excluding carboxylic acids is 1. The SMILES string of the molecule is CCOC(=O)CNCc1cn(C2CCCC2)c2cc(NC3CCCCC3)c(F)cc2c1=O.Cl. The number of anilines is 1. The Kier molecular flexibility index (Phi) is 9.15. The summed E-state index contributed by atoms with van der Waals surface area (Å²) in [6.07, 6.45) is 12.0. The lowest BCUT2D eigenvalue weighted by Crippen LogP contribution is -2.28. The van der Waals surface area contributed by atoms with Crippen molar-refractivity contribution in [2.24, 2.45) is 0 Å². The van der Waals surface area contributed by atoms with E-state index < -0.39 is 0 Å². The van der Waals surface area contributed by atoms with Crippen LogP contribution in [0.15, 0.2) is 23.1 Å². The van der Waals surface area contributed by atoms with Crippen molar-refractivity contribution in [3.05, 3.63) is 39.9 Å². The Balaban J connectivity index is 0.00000306. The van der Waals surface area contributed by atoms with E-state index >= 15 is 4.39 Å². The first-order valence-electron chi connectivity index (χ1n) is 12.1. The molecule has 0 atom stereocenters. The number of pyridine rings is 1. The summed E-state index contributed by atoms with van der Waals surface area (Å²) >= 11 is 0. The number of nitrogens with one attached hydrogen (secondary N) is 2. The highest BCUT2D eigenvalue weighted by Crippen LogP contribution is 2.33. The van der Waals surface area contributed by atoms with Gasteiger partial charge in [-0.2, -0.15) is 0 Å². The zero-order chi connectivity index (χ0) is 22.5. The van der Waals surface area contributed by atoms with Gasteiger partial charge in [-0.05, 0) is 44.7 Å². The molecule has 4 rings (SSSR count). The van der Waals surface area contributed by atoms with Gasteiger partial charge >= 0.3 is 5.97 Å². The number of benzene rings is 1. The van der Waals surface area contributed by atoms with Crippen molar-refractivity contribution >= 4 is 35.0 Å². The number of rotatable bonds is 8. The van der Waals surface area contributed by atoms with Gasteiger partial charge in [-0.1, -0.05) is 32.1 Å². The Morgan fingerprint density at radius 2 is 1.82 bits per heavy atom. The minimum atomic E-state index is -0.380. The van der Waals surface area contributed by atoms with Crippen molar-refractivity contribution < 1.29 is 13.9 Å². The van der Waals surface area contributed by atoms with Crippen LogP contribution in [0.2, 0.25) is 0 Å². The lowest BCUT2D eigenvalue weighted by atomic mass is 9.95. The molecule has 1 aromatic heterocycles. The van der Waals surface area contributed by atoms with E-state index in [1.807, 2.05) is 12.3 Å². The summed E-state index contributed by atoms with van der Waals surface area (Å²) in [7, 11) is 0. The molecule has 0 amide bonds. The van der Waals surface area contributed by atoms with Crippen LogP contribution in [0, 0.1) is 5.82 Å². The lowest BCUT2D eigenvalue weighted by molar-refractivity contribution is -0.142. The van der Waals surface area contributed by atoms with Gasteiger partial charge in [0.2, 0.25) is 0 Å². The molecule has 0 spiro atoms. The molecule has 0 saturated heterocycles. The zero-order valence-corrected chi connectivity index (χ0v) is 20.1. The first kappa shape index (κ1) is 25.5. The third-order valence-electron chi connectivity index (χ3n) is 6.77. The molecule has 2 aliphatic rings. The first-order valence-corrected chi connectivity index (χ1v) is 12.1. The Bertz CT molecular complexity index is 1010. The van der Waals surface area contributed by atoms with Crippen molar-refractivity contribution in [3.8, 4) is 0 Å². The van der Waals surface area contributed by atoms with Crippen LogP contribution in [-0.2, 0) is 16.1 Å². The second kappa shape index (κ2) is 11.8. The van der Waals surface area contributed by atoms with Gasteiger partial charge in [0, 0.05) is 35.8 Å². The maximum Gasteiger partial charge on any atom is 0.319 e. The summed E-state index contributed by atoms with van der Waals surface area (Å²) in [5.41, 5.74) is 1.63. The molecule has 0 radical (unpaired) electrons. The van der Waals surface area contributed by atoms with Crippen molar-refractivity contribution in [2.45, 2.75) is 83.3 Å². The quantitative estimate of drug-likeness (QED) is 0.517. The van der Waals surface area contributed by atoms with Crippen molar-refractivity contribution in [1.82, 2.24) is 9.88 Å². The average molecular weight is 480 g/mol. The first-order chi connectivity index (χ1) is 15.6. The molecule has 8 heteroatoms. The van der Waals surface area contributed by atoms with Crippen LogP contribution in [-0.4, -0.2) is 29.7 Å². The molecule has 0 unspecified atom stereocenters. The predicted molar refractivity (Wildman–Crippen MR) is 132 cm³/mol. The number of nitrogens with zero attached hydrogens (tertiary/aromatic N) is 1. The van der Waals surface area contributed by atoms with E-state index in [9.17, 15) is 9.59 Å². The molecule has 0 bridgehead atoms. The fourth-order valence-electron chi connectivity index (χ4n) is 5.13. The Labute approximate surface area is 200 Å². The van der Waals surface area contributed by atoms with E-state index in [0.29, 0.717) is 29.3 Å². The fraction of sp³-hybridized carbons (Fsp3) is 0.600. The highest BCUT2D eigenvalue weighted by molar-refractivity contribution is 5.85. The minimum Gasteiger partial charge on any atom is -0.465 e. The molecule has 182 valence electrons. The normalized spacial score (nSPS) is 17.2. The van der Waals surface area contributed by atoms with E-state index in [4.69, 9.17) is 4.74 Å². The van der Waals surface area contributed by atoms with Crippen LogP contribution >= 0.6 is 12.4 Å². The second-order valence-electron chi connectivity index (χ2n) is 9.07. The zero-order valence-electron chi connectivity index (χ0n) is 19.3. The summed E-state index contributed by atoms with van der Waals surface area (Å²) in [4.78, 5) is 24.8. The standard InChI is InChI=1S/C25H34FN3O3.ClH/c1-2-32-24(30)15-27-14-17-16-29(19-10-6-7-11-19)23-13-22(21(26)12-20(23)25(17)31)28-18-8-4-3-5-9-18;/h12-13,16,18-19,27-28H,2-11,14-15H2,1H3;1H. The van der Waals surface area contributed by atoms with Crippen molar-refractivity contribution in [3.63, 3.8) is 0 Å². The largest absolute Gasteiger partial charge is 0.465 e. The van der Waals surface area contributed by atoms with Gasteiger partial charge in [-0.25, -0.2) is 4.39 Å². The average Bonchev–Trinajstić information content (AvgIpc) is 3.32. The molecule has 2 fully saturated rings. The van der Waals surface area contributed by atoms with E-state index in [0.717, 1.165) is 44.0 Å². The molecule has 33 heavy (non-hydrogen) atoms. The summed E-state index contributed by atoms with van der Waals surface area (Å²) in [6, 6.07) is 3.81. The van der Waals surface area contributed by atoms with Crippen LogP contribution in [0.4, 0.5) is 10.1 Å². The number of hydrogen-bond donors (Lipinski definition) is 2. The highest BCUT2D eigenvalue weighted by atomic mass is 35.5. The van der Waals surface area contributed by atoms with Gasteiger partial charge in [0.25, 0.3) is 0 Å². The number of fused-ring (bicyclic) bond motifs is 1. The summed E-state index contributed by atoms with van der Waals surface area (Å²) in [5.74, 6) is -0.733. The number of carbonyl (C=O) groups is 1. The number of ether oxygens (including phenoxy) is 1. The lowest BCUT2D eigenvalue weighted by Gasteiger charge is -2.25. The summed E-state index contributed by atoms with van der Waals surface area (Å²) in [5, 5.41) is 6.80. The Hall–Kier alpha value is -2.12. The monoisotopic (exact) mass is 479 g/mol. The molecule has 2 aromatic rings. The Morgan fingerprint density at radius 3 is 2.52 bits per heavy atom. The van der Waals surface area contributed by atoms with Crippen molar-refractivity contribution in [2.75, 3.05) is 18.5 Å². The van der Waals surface area contributed by atoms with Gasteiger partial charge in [0.05, 0.1) is 24.4 Å². The molecular formula is C25H35ClFN3O3. The van der Waals surface area contributed by atoms with Gasteiger partial charge in [0.1, 0.15) is 5.82 Å². The topological polar surface area (TPSA) is 72.4 Å². The van der Waals surface area contributed by atoms with E-state index in [2.05, 4.69) is 15.2 Å². The molecule has 2 N–H and O–H groups in total. The van der Waals surface area contributed by atoms with Gasteiger partial charge in [-0.15, -0.1) is 12.4 Å². The molecule has 2 aliphatic carbocycles. The molecule has 2 saturated carbocycles. The third-order valence-corrected chi connectivity index (χ3v) is 6.77. The van der Waals surface area contributed by atoms with E-state index in [1.54, 1.807) is 6.92 Å². The maximum absolute atomic E-state index is 15.1. The number of halogens is 2. The van der Waals surface area contributed by atoms with E-state index in [-0.39, 0.29) is 48.8 Å². The van der Waals surface area contributed by atoms with Crippen molar-refractivity contribution in [1.29, 1.82) is 0 Å².